The van der Waals surface area contributed by atoms with Crippen LogP contribution < -0.4 is 21.1 Å². The molecule has 0 radical (unpaired) electrons. The number of nitrogens with two attached hydrogens (primary N) is 1. The molecular weight excluding hydrogens is 440 g/mol. The molecule has 1 amide bonds. The molecule has 10 heteroatoms. The number of nitrogen functional groups attached to an aromatic ring is 1. The van der Waals surface area contributed by atoms with E-state index in [0.29, 0.717) is 48.2 Å². The summed E-state index contributed by atoms with van der Waals surface area (Å²) in [5, 5.41) is 6.07. The number of carbonyl (C=O) groups is 1. The van der Waals surface area contributed by atoms with E-state index in [1.54, 1.807) is 42.6 Å². The van der Waals surface area contributed by atoms with Gasteiger partial charge in [0.05, 0.1) is 22.3 Å². The monoisotopic (exact) mass is 464 g/mol. The molecule has 9 nitrogen and oxygen atoms in total. The van der Waals surface area contributed by atoms with Crippen LogP contribution in [0.2, 0.25) is 0 Å². The summed E-state index contributed by atoms with van der Waals surface area (Å²) >= 11 is 0. The summed E-state index contributed by atoms with van der Waals surface area (Å²) in [5.74, 6) is 0.594. The molecule has 2 aliphatic rings. The number of nitrogens with zero attached hydrogens (tertiary/aromatic N) is 2. The number of benzene rings is 2. The highest BCUT2D eigenvalue weighted by atomic mass is 32.2. The van der Waals surface area contributed by atoms with Crippen molar-refractivity contribution in [3.8, 4) is 22.5 Å². The SMILES string of the molecule is Nc1ncc(-c2ccc(S(=O)(=O)NCC3CC3)cc2)nc1-c1ccc2c(c1)NCCNC2=O. The number of hydrogen-bond acceptors (Lipinski definition) is 7. The van der Waals surface area contributed by atoms with Crippen LogP contribution in [-0.4, -0.2) is 43.9 Å². The van der Waals surface area contributed by atoms with Gasteiger partial charge in [0.2, 0.25) is 10.0 Å². The Morgan fingerprint density at radius 1 is 1.03 bits per heavy atom. The third kappa shape index (κ3) is 4.53. The molecule has 1 saturated carbocycles. The molecule has 170 valence electrons. The first-order chi connectivity index (χ1) is 15.9. The summed E-state index contributed by atoms with van der Waals surface area (Å²) in [5.41, 5.74) is 9.89. The first-order valence-corrected chi connectivity index (χ1v) is 12.3. The Hall–Kier alpha value is -3.50. The lowest BCUT2D eigenvalue weighted by molar-refractivity contribution is 0.0958. The number of hydrogen-bond donors (Lipinski definition) is 4. The molecule has 3 aromatic rings. The lowest BCUT2D eigenvalue weighted by Gasteiger charge is -2.11. The van der Waals surface area contributed by atoms with Gasteiger partial charge in [-0.3, -0.25) is 4.79 Å². The fraction of sp³-hybridized carbons (Fsp3) is 0.261. The Morgan fingerprint density at radius 3 is 2.52 bits per heavy atom. The molecule has 2 aromatic carbocycles. The van der Waals surface area contributed by atoms with Gasteiger partial charge in [-0.2, -0.15) is 0 Å². The summed E-state index contributed by atoms with van der Waals surface area (Å²) < 4.78 is 27.6. The first-order valence-electron chi connectivity index (χ1n) is 10.8. The predicted molar refractivity (Wildman–Crippen MR) is 126 cm³/mol. The normalized spacial score (nSPS) is 15.8. The summed E-state index contributed by atoms with van der Waals surface area (Å²) in [7, 11) is -3.53. The first kappa shape index (κ1) is 21.4. The smallest absolute Gasteiger partial charge is 0.253 e. The number of fused-ring (bicyclic) bond motifs is 1. The van der Waals surface area contributed by atoms with Gasteiger partial charge in [0, 0.05) is 36.4 Å². The molecule has 1 fully saturated rings. The van der Waals surface area contributed by atoms with E-state index in [2.05, 4.69) is 25.3 Å². The topological polar surface area (TPSA) is 139 Å². The van der Waals surface area contributed by atoms with E-state index in [9.17, 15) is 13.2 Å². The molecule has 0 spiro atoms. The van der Waals surface area contributed by atoms with Crippen molar-refractivity contribution in [2.24, 2.45) is 5.92 Å². The third-order valence-electron chi connectivity index (χ3n) is 5.78. The summed E-state index contributed by atoms with van der Waals surface area (Å²) in [6.07, 6.45) is 3.71. The molecule has 1 aliphatic carbocycles. The highest BCUT2D eigenvalue weighted by Crippen LogP contribution is 2.31. The second-order valence-electron chi connectivity index (χ2n) is 8.25. The second kappa shape index (κ2) is 8.45. The number of rotatable bonds is 6. The maximum Gasteiger partial charge on any atom is 0.253 e. The Labute approximate surface area is 191 Å². The predicted octanol–water partition coefficient (Wildman–Crippen LogP) is 2.24. The average Bonchev–Trinajstić information content (AvgIpc) is 3.66. The minimum Gasteiger partial charge on any atom is -0.383 e. The Bertz CT molecular complexity index is 1320. The van der Waals surface area contributed by atoms with E-state index in [-0.39, 0.29) is 16.6 Å². The van der Waals surface area contributed by atoms with Crippen LogP contribution in [0.1, 0.15) is 23.2 Å². The van der Waals surface area contributed by atoms with Crippen molar-refractivity contribution in [2.45, 2.75) is 17.7 Å². The molecule has 0 bridgehead atoms. The minimum atomic E-state index is -3.53. The zero-order chi connectivity index (χ0) is 23.0. The van der Waals surface area contributed by atoms with Crippen molar-refractivity contribution in [2.75, 3.05) is 30.7 Å². The Morgan fingerprint density at radius 2 is 1.76 bits per heavy atom. The van der Waals surface area contributed by atoms with Gasteiger partial charge in [0.25, 0.3) is 5.91 Å². The summed E-state index contributed by atoms with van der Waals surface area (Å²) in [4.78, 5) is 21.4. The van der Waals surface area contributed by atoms with Gasteiger partial charge in [0.15, 0.2) is 0 Å². The molecular formula is C23H24N6O3S. The van der Waals surface area contributed by atoms with Gasteiger partial charge in [-0.25, -0.2) is 23.1 Å². The molecule has 0 saturated heterocycles. The van der Waals surface area contributed by atoms with E-state index >= 15 is 0 Å². The van der Waals surface area contributed by atoms with Gasteiger partial charge in [0.1, 0.15) is 11.5 Å². The third-order valence-corrected chi connectivity index (χ3v) is 7.22. The van der Waals surface area contributed by atoms with Gasteiger partial charge in [-0.05, 0) is 43.0 Å². The molecule has 1 aliphatic heterocycles. The Kier molecular flexibility index (Phi) is 5.47. The van der Waals surface area contributed by atoms with E-state index in [1.165, 1.54) is 0 Å². The number of carbonyl (C=O) groups excluding carboxylic acids is 1. The van der Waals surface area contributed by atoms with Crippen molar-refractivity contribution in [3.63, 3.8) is 0 Å². The highest BCUT2D eigenvalue weighted by molar-refractivity contribution is 7.89. The van der Waals surface area contributed by atoms with Crippen molar-refractivity contribution in [1.29, 1.82) is 0 Å². The molecule has 5 N–H and O–H groups in total. The van der Waals surface area contributed by atoms with E-state index in [0.717, 1.165) is 24.0 Å². The van der Waals surface area contributed by atoms with E-state index in [4.69, 9.17) is 5.73 Å². The fourth-order valence-corrected chi connectivity index (χ4v) is 4.81. The number of amides is 1. The van der Waals surface area contributed by atoms with Crippen molar-refractivity contribution in [1.82, 2.24) is 20.0 Å². The number of aromatic nitrogens is 2. The second-order valence-corrected chi connectivity index (χ2v) is 10.0. The van der Waals surface area contributed by atoms with Gasteiger partial charge < -0.3 is 16.4 Å². The lowest BCUT2D eigenvalue weighted by atomic mass is 10.1. The van der Waals surface area contributed by atoms with Crippen LogP contribution in [0.4, 0.5) is 11.5 Å². The molecule has 33 heavy (non-hydrogen) atoms. The molecule has 0 atom stereocenters. The van der Waals surface area contributed by atoms with Crippen LogP contribution in [0, 0.1) is 5.92 Å². The van der Waals surface area contributed by atoms with Crippen molar-refractivity contribution in [3.05, 3.63) is 54.2 Å². The van der Waals surface area contributed by atoms with E-state index < -0.39 is 10.0 Å². The maximum atomic E-state index is 12.5. The largest absolute Gasteiger partial charge is 0.383 e. The highest BCUT2D eigenvalue weighted by Gasteiger charge is 2.24. The van der Waals surface area contributed by atoms with Crippen LogP contribution in [0.5, 0.6) is 0 Å². The molecule has 1 aromatic heterocycles. The van der Waals surface area contributed by atoms with Crippen LogP contribution in [0.15, 0.2) is 53.6 Å². The minimum absolute atomic E-state index is 0.129. The Balaban J connectivity index is 1.43. The molecule has 5 rings (SSSR count). The van der Waals surface area contributed by atoms with Crippen LogP contribution in [0.25, 0.3) is 22.5 Å². The molecule has 2 heterocycles. The fourth-order valence-electron chi connectivity index (χ4n) is 3.69. The number of sulfonamides is 1. The van der Waals surface area contributed by atoms with Crippen molar-refractivity contribution < 1.29 is 13.2 Å². The summed E-state index contributed by atoms with van der Waals surface area (Å²) in [6.45, 7) is 1.64. The summed E-state index contributed by atoms with van der Waals surface area (Å²) in [6, 6.07) is 11.9. The van der Waals surface area contributed by atoms with Gasteiger partial charge in [-0.15, -0.1) is 0 Å². The number of anilines is 2. The van der Waals surface area contributed by atoms with E-state index in [1.807, 2.05) is 6.07 Å². The van der Waals surface area contributed by atoms with Crippen LogP contribution in [0.3, 0.4) is 0 Å². The number of nitrogens with one attached hydrogen (secondary N) is 3. The lowest BCUT2D eigenvalue weighted by Crippen LogP contribution is -2.25. The maximum absolute atomic E-state index is 12.5. The molecule has 0 unspecified atom stereocenters. The van der Waals surface area contributed by atoms with Gasteiger partial charge in [-0.1, -0.05) is 18.2 Å². The average molecular weight is 465 g/mol. The quantitative estimate of drug-likeness (QED) is 0.439. The van der Waals surface area contributed by atoms with Crippen LogP contribution >= 0.6 is 0 Å². The zero-order valence-corrected chi connectivity index (χ0v) is 18.7. The standard InChI is InChI=1S/C23H24N6O3S/c24-22-21(16-5-8-18-19(11-16)25-9-10-26-23(18)30)29-20(13-27-22)15-3-6-17(7-4-15)33(31,32)28-12-14-1-2-14/h3-8,11,13-14,25,28H,1-2,9-10,12H2,(H2,24,27)(H,26,30). The van der Waals surface area contributed by atoms with Crippen molar-refractivity contribution >= 4 is 27.4 Å². The zero-order valence-electron chi connectivity index (χ0n) is 17.8. The van der Waals surface area contributed by atoms with Crippen LogP contribution in [-0.2, 0) is 10.0 Å². The van der Waals surface area contributed by atoms with Gasteiger partial charge >= 0.3 is 0 Å².